The Labute approximate surface area is 139 Å². The number of H-pyrrole nitrogens is 1. The highest BCUT2D eigenvalue weighted by atomic mass is 15.1. The van der Waals surface area contributed by atoms with E-state index in [1.54, 1.807) is 0 Å². The van der Waals surface area contributed by atoms with Crippen LogP contribution in [0.25, 0.3) is 0 Å². The van der Waals surface area contributed by atoms with Crippen molar-refractivity contribution in [2.24, 2.45) is 5.92 Å². The lowest BCUT2D eigenvalue weighted by Gasteiger charge is -2.31. The highest BCUT2D eigenvalue weighted by molar-refractivity contribution is 5.27. The van der Waals surface area contributed by atoms with Crippen LogP contribution in [0.1, 0.15) is 42.1 Å². The zero-order chi connectivity index (χ0) is 16.1. The van der Waals surface area contributed by atoms with E-state index in [2.05, 4.69) is 58.5 Å². The molecule has 2 heterocycles. The van der Waals surface area contributed by atoms with E-state index in [0.717, 1.165) is 31.2 Å². The Morgan fingerprint density at radius 1 is 1.22 bits per heavy atom. The highest BCUT2D eigenvalue weighted by Crippen LogP contribution is 2.19. The summed E-state index contributed by atoms with van der Waals surface area (Å²) in [6.45, 7) is 9.74. The summed E-state index contributed by atoms with van der Waals surface area (Å²) in [5.74, 6) is 0.832. The molecule has 1 aromatic carbocycles. The normalized spacial score (nSPS) is 19.1. The summed E-state index contributed by atoms with van der Waals surface area (Å²) in [5.41, 5.74) is 5.25. The molecule has 4 nitrogen and oxygen atoms in total. The maximum absolute atomic E-state index is 4.08. The van der Waals surface area contributed by atoms with Crippen LogP contribution >= 0.6 is 0 Å². The van der Waals surface area contributed by atoms with Gasteiger partial charge in [-0.3, -0.25) is 10.00 Å². The molecule has 4 heteroatoms. The number of aromatic nitrogens is 2. The predicted molar refractivity (Wildman–Crippen MR) is 94.0 cm³/mol. The second-order valence-electron chi connectivity index (χ2n) is 6.88. The summed E-state index contributed by atoms with van der Waals surface area (Å²) in [5, 5.41) is 10.6. The van der Waals surface area contributed by atoms with E-state index in [0.29, 0.717) is 0 Å². The molecule has 0 bridgehead atoms. The van der Waals surface area contributed by atoms with Gasteiger partial charge in [-0.1, -0.05) is 31.2 Å². The molecule has 0 unspecified atom stereocenters. The van der Waals surface area contributed by atoms with Gasteiger partial charge in [0.2, 0.25) is 0 Å². The maximum atomic E-state index is 4.08. The van der Waals surface area contributed by atoms with Crippen LogP contribution in [0, 0.1) is 12.8 Å². The van der Waals surface area contributed by atoms with Crippen molar-refractivity contribution in [2.45, 2.75) is 46.3 Å². The molecule has 2 aromatic rings. The fourth-order valence-electron chi connectivity index (χ4n) is 3.44. The Morgan fingerprint density at radius 2 is 2.00 bits per heavy atom. The Bertz CT molecular complexity index is 619. The van der Waals surface area contributed by atoms with Crippen LogP contribution in [-0.2, 0) is 19.6 Å². The van der Waals surface area contributed by atoms with Crippen molar-refractivity contribution in [1.82, 2.24) is 20.4 Å². The third-order valence-electron chi connectivity index (χ3n) is 4.82. The first-order valence-electron chi connectivity index (χ1n) is 8.71. The number of nitrogens with one attached hydrogen (secondary N) is 2. The van der Waals surface area contributed by atoms with Crippen molar-refractivity contribution in [1.29, 1.82) is 0 Å². The molecule has 0 amide bonds. The first-order chi connectivity index (χ1) is 11.2. The number of hydrogen-bond donors (Lipinski definition) is 2. The number of nitrogens with zero attached hydrogens (tertiary/aromatic N) is 2. The SMILES string of the molecule is Cc1[nH]ncc1CNCc1ccccc1CN1CCC[C@@H](C)C1. The van der Waals surface area contributed by atoms with Crippen LogP contribution in [0.15, 0.2) is 30.5 Å². The van der Waals surface area contributed by atoms with Crippen molar-refractivity contribution in [3.05, 3.63) is 52.8 Å². The molecule has 23 heavy (non-hydrogen) atoms. The van der Waals surface area contributed by atoms with Crippen LogP contribution in [0.5, 0.6) is 0 Å². The molecular formula is C19H28N4. The largest absolute Gasteiger partial charge is 0.308 e. The molecule has 2 N–H and O–H groups in total. The lowest BCUT2D eigenvalue weighted by molar-refractivity contribution is 0.176. The average molecular weight is 312 g/mol. The summed E-state index contributed by atoms with van der Waals surface area (Å²) < 4.78 is 0. The fraction of sp³-hybridized carbons (Fsp3) is 0.526. The van der Waals surface area contributed by atoms with E-state index >= 15 is 0 Å². The minimum atomic E-state index is 0.832. The molecule has 3 rings (SSSR count). The van der Waals surface area contributed by atoms with Crippen molar-refractivity contribution >= 4 is 0 Å². The first-order valence-corrected chi connectivity index (χ1v) is 8.71. The summed E-state index contributed by atoms with van der Waals surface area (Å²) in [7, 11) is 0. The summed E-state index contributed by atoms with van der Waals surface area (Å²) in [4.78, 5) is 2.60. The topological polar surface area (TPSA) is 44.0 Å². The Hall–Kier alpha value is -1.65. The molecular weight excluding hydrogens is 284 g/mol. The van der Waals surface area contributed by atoms with Gasteiger partial charge in [-0.15, -0.1) is 0 Å². The van der Waals surface area contributed by atoms with E-state index in [9.17, 15) is 0 Å². The lowest BCUT2D eigenvalue weighted by atomic mass is 9.99. The molecule has 1 aliphatic heterocycles. The van der Waals surface area contributed by atoms with Crippen molar-refractivity contribution in [3.63, 3.8) is 0 Å². The molecule has 1 aromatic heterocycles. The van der Waals surface area contributed by atoms with Crippen LogP contribution < -0.4 is 5.32 Å². The number of rotatable bonds is 6. The minimum Gasteiger partial charge on any atom is -0.308 e. The summed E-state index contributed by atoms with van der Waals surface area (Å²) in [6, 6.07) is 8.83. The van der Waals surface area contributed by atoms with E-state index in [1.165, 1.54) is 42.6 Å². The Morgan fingerprint density at radius 3 is 2.74 bits per heavy atom. The van der Waals surface area contributed by atoms with Gasteiger partial charge in [0, 0.05) is 37.4 Å². The monoisotopic (exact) mass is 312 g/mol. The maximum Gasteiger partial charge on any atom is 0.0535 e. The standard InChI is InChI=1S/C19H28N4/c1-15-6-5-9-23(13-15)14-18-8-4-3-7-17(18)10-20-11-19-12-21-22-16(19)2/h3-4,7-8,12,15,20H,5-6,9-11,13-14H2,1-2H3,(H,21,22)/t15-/m1/s1. The lowest BCUT2D eigenvalue weighted by Crippen LogP contribution is -2.34. The molecule has 124 valence electrons. The van der Waals surface area contributed by atoms with E-state index < -0.39 is 0 Å². The quantitative estimate of drug-likeness (QED) is 0.860. The number of hydrogen-bond acceptors (Lipinski definition) is 3. The highest BCUT2D eigenvalue weighted by Gasteiger charge is 2.17. The predicted octanol–water partition coefficient (Wildman–Crippen LogP) is 3.24. The van der Waals surface area contributed by atoms with Gasteiger partial charge in [-0.05, 0) is 43.4 Å². The average Bonchev–Trinajstić information content (AvgIpc) is 2.94. The molecule has 0 radical (unpaired) electrons. The van der Waals surface area contributed by atoms with Gasteiger partial charge in [0.1, 0.15) is 0 Å². The number of aryl methyl sites for hydroxylation is 1. The summed E-state index contributed by atoms with van der Waals surface area (Å²) in [6.07, 6.45) is 4.62. The fourth-order valence-corrected chi connectivity index (χ4v) is 3.44. The van der Waals surface area contributed by atoms with Gasteiger partial charge < -0.3 is 5.32 Å². The smallest absolute Gasteiger partial charge is 0.0535 e. The van der Waals surface area contributed by atoms with Crippen molar-refractivity contribution in [2.75, 3.05) is 13.1 Å². The zero-order valence-corrected chi connectivity index (χ0v) is 14.3. The van der Waals surface area contributed by atoms with Crippen LogP contribution in [0.4, 0.5) is 0 Å². The van der Waals surface area contributed by atoms with Crippen molar-refractivity contribution in [3.8, 4) is 0 Å². The van der Waals surface area contributed by atoms with Gasteiger partial charge in [0.25, 0.3) is 0 Å². The molecule has 1 aliphatic rings. The van der Waals surface area contributed by atoms with Gasteiger partial charge in [0.15, 0.2) is 0 Å². The van der Waals surface area contributed by atoms with E-state index in [1.807, 2.05) is 6.20 Å². The van der Waals surface area contributed by atoms with E-state index in [-0.39, 0.29) is 0 Å². The van der Waals surface area contributed by atoms with Gasteiger partial charge in [0.05, 0.1) is 6.20 Å². The summed E-state index contributed by atoms with van der Waals surface area (Å²) >= 11 is 0. The van der Waals surface area contributed by atoms with Crippen LogP contribution in [0.2, 0.25) is 0 Å². The third kappa shape index (κ3) is 4.43. The van der Waals surface area contributed by atoms with E-state index in [4.69, 9.17) is 0 Å². The third-order valence-corrected chi connectivity index (χ3v) is 4.82. The second kappa shape index (κ2) is 7.75. The molecule has 1 atom stereocenters. The zero-order valence-electron chi connectivity index (χ0n) is 14.3. The van der Waals surface area contributed by atoms with Crippen molar-refractivity contribution < 1.29 is 0 Å². The van der Waals surface area contributed by atoms with Gasteiger partial charge in [-0.25, -0.2) is 0 Å². The van der Waals surface area contributed by atoms with Crippen LogP contribution in [0.3, 0.4) is 0 Å². The van der Waals surface area contributed by atoms with Gasteiger partial charge >= 0.3 is 0 Å². The molecule has 0 saturated carbocycles. The molecule has 1 saturated heterocycles. The molecule has 0 aliphatic carbocycles. The molecule has 0 spiro atoms. The number of likely N-dealkylation sites (tertiary alicyclic amines) is 1. The Balaban J connectivity index is 1.58. The molecule has 1 fully saturated rings. The number of piperidine rings is 1. The Kier molecular flexibility index (Phi) is 5.47. The number of benzene rings is 1. The first kappa shape index (κ1) is 16.2. The van der Waals surface area contributed by atoms with Gasteiger partial charge in [-0.2, -0.15) is 5.10 Å². The number of aromatic amines is 1. The van der Waals surface area contributed by atoms with Crippen LogP contribution in [-0.4, -0.2) is 28.2 Å². The minimum absolute atomic E-state index is 0.832. The second-order valence-corrected chi connectivity index (χ2v) is 6.88.